The molecule has 0 aliphatic carbocycles. The number of rotatable bonds is 3. The van der Waals surface area contributed by atoms with E-state index < -0.39 is 12.0 Å². The zero-order chi connectivity index (χ0) is 11.6. The van der Waals surface area contributed by atoms with Crippen molar-refractivity contribution in [2.24, 2.45) is 5.73 Å². The van der Waals surface area contributed by atoms with Crippen LogP contribution >= 0.6 is 15.9 Å². The second kappa shape index (κ2) is 4.77. The van der Waals surface area contributed by atoms with Crippen LogP contribution in [0.3, 0.4) is 0 Å². The average molecular weight is 272 g/mol. The highest BCUT2D eigenvalue weighted by Gasteiger charge is 2.14. The third-order valence-electron chi connectivity index (χ3n) is 2.47. The minimum absolute atomic E-state index is 0.0449. The number of hydrogen-bond donors (Lipinski definition) is 2. The maximum Gasteiger partial charge on any atom is 0.305 e. The van der Waals surface area contributed by atoms with Crippen LogP contribution in [-0.4, -0.2) is 11.1 Å². The third kappa shape index (κ3) is 3.04. The molecule has 1 unspecified atom stereocenters. The second-order valence-corrected chi connectivity index (χ2v) is 4.56. The van der Waals surface area contributed by atoms with Gasteiger partial charge in [0.15, 0.2) is 0 Å². The van der Waals surface area contributed by atoms with E-state index in [0.29, 0.717) is 0 Å². The topological polar surface area (TPSA) is 63.3 Å². The Balaban J connectivity index is 3.07. The molecule has 0 fully saturated rings. The van der Waals surface area contributed by atoms with Crippen LogP contribution in [0.15, 0.2) is 16.6 Å². The lowest BCUT2D eigenvalue weighted by atomic mass is 9.96. The van der Waals surface area contributed by atoms with Gasteiger partial charge >= 0.3 is 5.97 Å². The molecule has 0 spiro atoms. The van der Waals surface area contributed by atoms with Gasteiger partial charge in [0.1, 0.15) is 0 Å². The number of carbonyl (C=O) groups is 1. The van der Waals surface area contributed by atoms with Crippen molar-refractivity contribution in [1.82, 2.24) is 0 Å². The van der Waals surface area contributed by atoms with Gasteiger partial charge in [-0.2, -0.15) is 0 Å². The van der Waals surface area contributed by atoms with E-state index >= 15 is 0 Å². The van der Waals surface area contributed by atoms with E-state index in [2.05, 4.69) is 15.9 Å². The highest BCUT2D eigenvalue weighted by Crippen LogP contribution is 2.25. The number of aryl methyl sites for hydroxylation is 1. The Labute approximate surface area is 97.4 Å². The van der Waals surface area contributed by atoms with E-state index in [-0.39, 0.29) is 6.42 Å². The number of halogens is 1. The number of aliphatic carboxylic acids is 1. The largest absolute Gasteiger partial charge is 0.481 e. The number of carboxylic acids is 1. The third-order valence-corrected chi connectivity index (χ3v) is 2.92. The first-order chi connectivity index (χ1) is 6.91. The molecule has 1 aromatic carbocycles. The SMILES string of the molecule is Cc1cc(Br)cc(C(N)CC(=O)O)c1C. The molecule has 3 N–H and O–H groups in total. The van der Waals surface area contributed by atoms with E-state index in [4.69, 9.17) is 10.8 Å². The van der Waals surface area contributed by atoms with Crippen molar-refractivity contribution in [1.29, 1.82) is 0 Å². The van der Waals surface area contributed by atoms with E-state index in [0.717, 1.165) is 21.2 Å². The van der Waals surface area contributed by atoms with Crippen molar-refractivity contribution in [2.75, 3.05) is 0 Å². The Kier molecular flexibility index (Phi) is 3.88. The number of carboxylic acid groups (broad SMARTS) is 1. The molecular formula is C11H14BrNO2. The summed E-state index contributed by atoms with van der Waals surface area (Å²) in [7, 11) is 0. The Hall–Kier alpha value is -0.870. The lowest BCUT2D eigenvalue weighted by Crippen LogP contribution is -2.16. The summed E-state index contributed by atoms with van der Waals surface area (Å²) in [6.45, 7) is 3.94. The fourth-order valence-electron chi connectivity index (χ4n) is 1.52. The molecule has 3 nitrogen and oxygen atoms in total. The lowest BCUT2D eigenvalue weighted by molar-refractivity contribution is -0.137. The van der Waals surface area contributed by atoms with Gasteiger partial charge in [-0.3, -0.25) is 4.79 Å². The van der Waals surface area contributed by atoms with Gasteiger partial charge in [0.2, 0.25) is 0 Å². The van der Waals surface area contributed by atoms with E-state index in [1.807, 2.05) is 26.0 Å². The molecule has 0 bridgehead atoms. The quantitative estimate of drug-likeness (QED) is 0.888. The van der Waals surface area contributed by atoms with Gasteiger partial charge in [0.25, 0.3) is 0 Å². The predicted molar refractivity (Wildman–Crippen MR) is 62.8 cm³/mol. The maximum atomic E-state index is 10.6. The van der Waals surface area contributed by atoms with Gasteiger partial charge in [0, 0.05) is 10.5 Å². The molecule has 0 radical (unpaired) electrons. The Morgan fingerprint density at radius 2 is 2.13 bits per heavy atom. The minimum atomic E-state index is -0.875. The molecule has 0 amide bonds. The van der Waals surface area contributed by atoms with Crippen LogP contribution in [-0.2, 0) is 4.79 Å². The van der Waals surface area contributed by atoms with Crippen molar-refractivity contribution < 1.29 is 9.90 Å². The zero-order valence-corrected chi connectivity index (χ0v) is 10.3. The maximum absolute atomic E-state index is 10.6. The van der Waals surface area contributed by atoms with Crippen molar-refractivity contribution in [3.8, 4) is 0 Å². The highest BCUT2D eigenvalue weighted by atomic mass is 79.9. The van der Waals surface area contributed by atoms with Gasteiger partial charge < -0.3 is 10.8 Å². The molecule has 4 heteroatoms. The molecule has 0 aromatic heterocycles. The lowest BCUT2D eigenvalue weighted by Gasteiger charge is -2.15. The Morgan fingerprint density at radius 1 is 1.53 bits per heavy atom. The van der Waals surface area contributed by atoms with Crippen molar-refractivity contribution in [3.05, 3.63) is 33.3 Å². The standard InChI is InChI=1S/C11H14BrNO2/c1-6-3-8(12)4-9(7(6)2)10(13)5-11(14)15/h3-4,10H,5,13H2,1-2H3,(H,14,15). The monoisotopic (exact) mass is 271 g/mol. The van der Waals surface area contributed by atoms with Gasteiger partial charge in [-0.15, -0.1) is 0 Å². The summed E-state index contributed by atoms with van der Waals surface area (Å²) in [5.74, 6) is -0.875. The summed E-state index contributed by atoms with van der Waals surface area (Å²) in [6.07, 6.45) is -0.0449. The number of hydrogen-bond acceptors (Lipinski definition) is 2. The molecule has 82 valence electrons. The summed E-state index contributed by atoms with van der Waals surface area (Å²) >= 11 is 3.38. The van der Waals surface area contributed by atoms with Crippen molar-refractivity contribution in [3.63, 3.8) is 0 Å². The Morgan fingerprint density at radius 3 is 2.67 bits per heavy atom. The van der Waals surface area contributed by atoms with Crippen LogP contribution in [0.2, 0.25) is 0 Å². The summed E-state index contributed by atoms with van der Waals surface area (Å²) in [6, 6.07) is 3.43. The zero-order valence-electron chi connectivity index (χ0n) is 8.75. The van der Waals surface area contributed by atoms with Gasteiger partial charge in [0.05, 0.1) is 6.42 Å². The van der Waals surface area contributed by atoms with Crippen LogP contribution < -0.4 is 5.73 Å². The molecule has 0 aliphatic rings. The average Bonchev–Trinajstić information content (AvgIpc) is 2.09. The number of nitrogens with two attached hydrogens (primary N) is 1. The molecule has 1 atom stereocenters. The van der Waals surface area contributed by atoms with Gasteiger partial charge in [-0.25, -0.2) is 0 Å². The van der Waals surface area contributed by atoms with E-state index in [9.17, 15) is 4.79 Å². The van der Waals surface area contributed by atoms with Gasteiger partial charge in [-0.1, -0.05) is 15.9 Å². The summed E-state index contributed by atoms with van der Waals surface area (Å²) in [5.41, 5.74) is 8.90. The van der Waals surface area contributed by atoms with Crippen LogP contribution in [0.5, 0.6) is 0 Å². The minimum Gasteiger partial charge on any atom is -0.481 e. The first kappa shape index (κ1) is 12.2. The molecule has 1 aromatic rings. The predicted octanol–water partition coefficient (Wildman–Crippen LogP) is 2.54. The van der Waals surface area contributed by atoms with Crippen molar-refractivity contribution >= 4 is 21.9 Å². The smallest absolute Gasteiger partial charge is 0.305 e. The second-order valence-electron chi connectivity index (χ2n) is 3.64. The molecule has 0 aliphatic heterocycles. The summed E-state index contributed by atoms with van der Waals surface area (Å²) in [4.78, 5) is 10.6. The molecule has 0 saturated heterocycles. The van der Waals surface area contributed by atoms with E-state index in [1.54, 1.807) is 0 Å². The fourth-order valence-corrected chi connectivity index (χ4v) is 2.11. The summed E-state index contributed by atoms with van der Waals surface area (Å²) in [5, 5.41) is 8.68. The molecular weight excluding hydrogens is 258 g/mol. The van der Waals surface area contributed by atoms with Crippen molar-refractivity contribution in [2.45, 2.75) is 26.3 Å². The normalized spacial score (nSPS) is 12.5. The number of benzene rings is 1. The Bertz CT molecular complexity index is 390. The van der Waals surface area contributed by atoms with Crippen LogP contribution in [0.4, 0.5) is 0 Å². The van der Waals surface area contributed by atoms with Crippen LogP contribution in [0.25, 0.3) is 0 Å². The first-order valence-electron chi connectivity index (χ1n) is 4.66. The van der Waals surface area contributed by atoms with Crippen LogP contribution in [0.1, 0.15) is 29.2 Å². The molecule has 0 heterocycles. The molecule has 1 rings (SSSR count). The van der Waals surface area contributed by atoms with Crippen LogP contribution in [0, 0.1) is 13.8 Å². The first-order valence-corrected chi connectivity index (χ1v) is 5.45. The highest BCUT2D eigenvalue weighted by molar-refractivity contribution is 9.10. The van der Waals surface area contributed by atoms with E-state index in [1.165, 1.54) is 0 Å². The molecule has 0 saturated carbocycles. The summed E-state index contributed by atoms with van der Waals surface area (Å²) < 4.78 is 0.932. The fraction of sp³-hybridized carbons (Fsp3) is 0.364. The van der Waals surface area contributed by atoms with Gasteiger partial charge in [-0.05, 0) is 42.7 Å². The molecule has 15 heavy (non-hydrogen) atoms.